The van der Waals surface area contributed by atoms with Crippen LogP contribution in [0.2, 0.25) is 0 Å². The van der Waals surface area contributed by atoms with Crippen LogP contribution in [0.4, 0.5) is 4.39 Å². The van der Waals surface area contributed by atoms with Crippen molar-refractivity contribution < 1.29 is 4.39 Å². The summed E-state index contributed by atoms with van der Waals surface area (Å²) in [5.74, 6) is -0.281. The molecule has 0 fully saturated rings. The molecule has 0 aliphatic carbocycles. The van der Waals surface area contributed by atoms with Crippen LogP contribution in [0.25, 0.3) is 15.3 Å². The molecule has 4 heteroatoms. The summed E-state index contributed by atoms with van der Waals surface area (Å²) in [6.07, 6.45) is 0. The quantitative estimate of drug-likeness (QED) is 0.632. The Labute approximate surface area is 116 Å². The number of aryl methyl sites for hydroxylation is 2. The first kappa shape index (κ1) is 12.4. The molecular formula is C15H12FNOSe. The van der Waals surface area contributed by atoms with E-state index in [4.69, 9.17) is 0 Å². The zero-order valence-electron chi connectivity index (χ0n) is 10.6. The van der Waals surface area contributed by atoms with Gasteiger partial charge in [-0.1, -0.05) is 0 Å². The molecule has 1 heterocycles. The molecule has 0 atom stereocenters. The number of nitrogens with zero attached hydrogens (tertiary/aromatic N) is 1. The minimum atomic E-state index is -0.281. The summed E-state index contributed by atoms with van der Waals surface area (Å²) in [6, 6.07) is 10.5. The molecule has 2 aromatic carbocycles. The molecule has 0 N–H and O–H groups in total. The van der Waals surface area contributed by atoms with E-state index in [2.05, 4.69) is 0 Å². The van der Waals surface area contributed by atoms with Crippen LogP contribution >= 0.6 is 0 Å². The summed E-state index contributed by atoms with van der Waals surface area (Å²) in [4.78, 5) is 12.4. The van der Waals surface area contributed by atoms with Crippen LogP contribution in [0.5, 0.6) is 0 Å². The van der Waals surface area contributed by atoms with Crippen molar-refractivity contribution in [3.63, 3.8) is 0 Å². The van der Waals surface area contributed by atoms with Crippen molar-refractivity contribution in [2.45, 2.75) is 13.8 Å². The molecule has 0 aliphatic rings. The van der Waals surface area contributed by atoms with E-state index < -0.39 is 0 Å². The summed E-state index contributed by atoms with van der Waals surface area (Å²) in [5, 5.41) is 0.627. The molecule has 19 heavy (non-hydrogen) atoms. The van der Waals surface area contributed by atoms with Crippen molar-refractivity contribution in [2.24, 2.45) is 0 Å². The van der Waals surface area contributed by atoms with E-state index in [0.29, 0.717) is 5.39 Å². The maximum atomic E-state index is 13.2. The van der Waals surface area contributed by atoms with Gasteiger partial charge >= 0.3 is 116 Å². The van der Waals surface area contributed by atoms with E-state index in [1.807, 2.05) is 32.0 Å². The third kappa shape index (κ3) is 2.07. The van der Waals surface area contributed by atoms with E-state index in [1.165, 1.54) is 12.1 Å². The molecule has 0 bridgehead atoms. The normalized spacial score (nSPS) is 11.1. The minimum absolute atomic E-state index is 0.0244. The van der Waals surface area contributed by atoms with Crippen LogP contribution in [-0.2, 0) is 0 Å². The van der Waals surface area contributed by atoms with Crippen molar-refractivity contribution in [1.82, 2.24) is 3.56 Å². The van der Waals surface area contributed by atoms with Crippen LogP contribution in [0, 0.1) is 19.7 Å². The third-order valence-corrected chi connectivity index (χ3v) is 5.40. The van der Waals surface area contributed by atoms with Gasteiger partial charge < -0.3 is 0 Å². The number of hydrogen-bond acceptors (Lipinski definition) is 1. The van der Waals surface area contributed by atoms with Gasteiger partial charge in [-0.3, -0.25) is 0 Å². The second-order valence-electron chi connectivity index (χ2n) is 4.62. The fourth-order valence-corrected chi connectivity index (χ4v) is 4.39. The average molecular weight is 320 g/mol. The Balaban J connectivity index is 2.34. The van der Waals surface area contributed by atoms with Gasteiger partial charge in [0, 0.05) is 0 Å². The van der Waals surface area contributed by atoms with Gasteiger partial charge in [0.15, 0.2) is 0 Å². The third-order valence-electron chi connectivity index (χ3n) is 3.13. The maximum absolute atomic E-state index is 13.2. The molecule has 96 valence electrons. The van der Waals surface area contributed by atoms with E-state index in [9.17, 15) is 9.18 Å². The Morgan fingerprint density at radius 2 is 1.89 bits per heavy atom. The first-order valence-electron chi connectivity index (χ1n) is 5.95. The summed E-state index contributed by atoms with van der Waals surface area (Å²) in [5.41, 5.74) is 3.09. The molecule has 0 spiro atoms. The van der Waals surface area contributed by atoms with E-state index in [0.717, 1.165) is 21.1 Å². The van der Waals surface area contributed by atoms with Crippen LogP contribution in [-0.4, -0.2) is 18.3 Å². The van der Waals surface area contributed by atoms with Crippen molar-refractivity contribution in [1.29, 1.82) is 0 Å². The number of halogens is 1. The summed E-state index contributed by atoms with van der Waals surface area (Å²) >= 11 is -0.187. The molecule has 2 nitrogen and oxygen atoms in total. The zero-order chi connectivity index (χ0) is 13.6. The fraction of sp³-hybridized carbons (Fsp3) is 0.133. The van der Waals surface area contributed by atoms with Gasteiger partial charge in [0.05, 0.1) is 0 Å². The molecular weight excluding hydrogens is 308 g/mol. The molecule has 3 aromatic rings. The predicted octanol–water partition coefficient (Wildman–Crippen LogP) is 2.80. The molecule has 1 aromatic heterocycles. The van der Waals surface area contributed by atoms with Gasteiger partial charge in [-0.15, -0.1) is 0 Å². The van der Waals surface area contributed by atoms with Gasteiger partial charge in [0.25, 0.3) is 0 Å². The van der Waals surface area contributed by atoms with Crippen molar-refractivity contribution in [3.05, 3.63) is 63.7 Å². The summed E-state index contributed by atoms with van der Waals surface area (Å²) in [6.45, 7) is 3.99. The average Bonchev–Trinajstić information content (AvgIpc) is 2.69. The van der Waals surface area contributed by atoms with Crippen LogP contribution < -0.4 is 5.56 Å². The van der Waals surface area contributed by atoms with Crippen LogP contribution in [0.3, 0.4) is 0 Å². The SMILES string of the molecule is Cc1ccc(C)c(-n2[se]c3cc(F)ccc3c2=O)c1. The number of hydrogen-bond donors (Lipinski definition) is 0. The van der Waals surface area contributed by atoms with Gasteiger partial charge in [-0.2, -0.15) is 0 Å². The second kappa shape index (κ2) is 4.48. The Hall–Kier alpha value is -1.64. The van der Waals surface area contributed by atoms with Crippen LogP contribution in [0.1, 0.15) is 11.1 Å². The number of aromatic nitrogens is 1. The van der Waals surface area contributed by atoms with E-state index >= 15 is 0 Å². The van der Waals surface area contributed by atoms with Crippen molar-refractivity contribution in [2.75, 3.05) is 0 Å². The molecule has 0 amide bonds. The Kier molecular flexibility index (Phi) is 2.92. The second-order valence-corrected chi connectivity index (χ2v) is 6.69. The Bertz CT molecular complexity index is 832. The van der Waals surface area contributed by atoms with Crippen molar-refractivity contribution >= 4 is 24.4 Å². The molecule has 0 unspecified atom stereocenters. The monoisotopic (exact) mass is 321 g/mol. The summed E-state index contributed by atoms with van der Waals surface area (Å²) in [7, 11) is 0. The Morgan fingerprint density at radius 3 is 2.68 bits per heavy atom. The molecule has 0 radical (unpaired) electrons. The number of fused-ring (bicyclic) bond motifs is 1. The van der Waals surface area contributed by atoms with E-state index in [-0.39, 0.29) is 26.1 Å². The standard InChI is InChI=1S/C15H12FNOSe/c1-9-3-4-10(2)13(7-9)17-15(18)12-6-5-11(16)8-14(12)19-17/h3-8H,1-2H3. The van der Waals surface area contributed by atoms with Crippen molar-refractivity contribution in [3.8, 4) is 5.69 Å². The predicted molar refractivity (Wildman–Crippen MR) is 75.9 cm³/mol. The van der Waals surface area contributed by atoms with Gasteiger partial charge in [0.2, 0.25) is 0 Å². The van der Waals surface area contributed by atoms with Gasteiger partial charge in [-0.25, -0.2) is 0 Å². The first-order chi connectivity index (χ1) is 9.06. The first-order valence-corrected chi connectivity index (χ1v) is 7.58. The summed E-state index contributed by atoms with van der Waals surface area (Å²) < 4.78 is 15.8. The zero-order valence-corrected chi connectivity index (χ0v) is 12.3. The molecule has 0 aliphatic heterocycles. The fourth-order valence-electron chi connectivity index (χ4n) is 2.09. The van der Waals surface area contributed by atoms with Gasteiger partial charge in [0.1, 0.15) is 0 Å². The number of rotatable bonds is 1. The topological polar surface area (TPSA) is 22.0 Å². The van der Waals surface area contributed by atoms with Crippen LogP contribution in [0.15, 0.2) is 41.2 Å². The van der Waals surface area contributed by atoms with E-state index in [1.54, 1.807) is 9.63 Å². The number of benzene rings is 2. The molecule has 0 saturated carbocycles. The Morgan fingerprint density at radius 1 is 1.11 bits per heavy atom. The molecule has 0 saturated heterocycles. The van der Waals surface area contributed by atoms with Gasteiger partial charge in [-0.05, 0) is 0 Å². The molecule has 3 rings (SSSR count).